The van der Waals surface area contributed by atoms with Crippen molar-refractivity contribution in [1.29, 1.82) is 0 Å². The maximum absolute atomic E-state index is 12.0. The Morgan fingerprint density at radius 1 is 1.50 bits per heavy atom. The fraction of sp³-hybridized carbons (Fsp3) is 0.562. The Labute approximate surface area is 126 Å². The molecule has 20 heavy (non-hydrogen) atoms. The van der Waals surface area contributed by atoms with Crippen molar-refractivity contribution >= 4 is 17.7 Å². The summed E-state index contributed by atoms with van der Waals surface area (Å²) in [6.07, 6.45) is 0.723. The number of carbonyl (C=O) groups excluding carboxylic acids is 1. The largest absolute Gasteiger partial charge is 0.465 e. The molecule has 0 bridgehead atoms. The van der Waals surface area contributed by atoms with Crippen molar-refractivity contribution in [3.63, 3.8) is 0 Å². The SMILES string of the molecule is CCOC(=O)C(C)(CC(C)Sc1cccc(C)c1)NC. The highest BCUT2D eigenvalue weighted by molar-refractivity contribution is 7.99. The molecule has 0 aliphatic heterocycles. The van der Waals surface area contributed by atoms with E-state index >= 15 is 0 Å². The van der Waals surface area contributed by atoms with Gasteiger partial charge in [0.2, 0.25) is 0 Å². The summed E-state index contributed by atoms with van der Waals surface area (Å²) in [4.78, 5) is 13.3. The molecule has 1 aromatic carbocycles. The molecule has 0 radical (unpaired) electrons. The molecule has 0 heterocycles. The maximum Gasteiger partial charge on any atom is 0.326 e. The summed E-state index contributed by atoms with van der Waals surface area (Å²) in [5.74, 6) is -0.181. The molecule has 0 fully saturated rings. The van der Waals surface area contributed by atoms with E-state index < -0.39 is 5.54 Å². The lowest BCUT2D eigenvalue weighted by Gasteiger charge is -2.29. The lowest BCUT2D eigenvalue weighted by atomic mass is 9.96. The molecule has 4 heteroatoms. The van der Waals surface area contributed by atoms with Gasteiger partial charge in [-0.1, -0.05) is 24.6 Å². The topological polar surface area (TPSA) is 38.3 Å². The highest BCUT2D eigenvalue weighted by Crippen LogP contribution is 2.29. The Hall–Kier alpha value is -1.00. The van der Waals surface area contributed by atoms with Crippen LogP contribution < -0.4 is 5.32 Å². The van der Waals surface area contributed by atoms with Crippen LogP contribution in [-0.2, 0) is 9.53 Å². The number of ether oxygens (including phenoxy) is 1. The number of benzene rings is 1. The third kappa shape index (κ3) is 4.84. The molecular weight excluding hydrogens is 270 g/mol. The van der Waals surface area contributed by atoms with Gasteiger partial charge in [-0.05, 0) is 46.4 Å². The van der Waals surface area contributed by atoms with Crippen LogP contribution in [0.1, 0.15) is 32.8 Å². The number of rotatable bonds is 7. The molecule has 112 valence electrons. The van der Waals surface area contributed by atoms with E-state index in [0.717, 1.165) is 6.42 Å². The predicted octanol–water partition coefficient (Wildman–Crippen LogP) is 3.41. The molecular formula is C16H25NO2S. The quantitative estimate of drug-likeness (QED) is 0.618. The first-order valence-electron chi connectivity index (χ1n) is 7.00. The molecule has 1 aromatic rings. The fourth-order valence-electron chi connectivity index (χ4n) is 2.12. The van der Waals surface area contributed by atoms with Gasteiger partial charge in [0.1, 0.15) is 5.54 Å². The van der Waals surface area contributed by atoms with Gasteiger partial charge in [0.15, 0.2) is 0 Å². The van der Waals surface area contributed by atoms with Crippen molar-refractivity contribution in [3.8, 4) is 0 Å². The van der Waals surface area contributed by atoms with Crippen LogP contribution in [0, 0.1) is 6.92 Å². The molecule has 0 spiro atoms. The normalized spacial score (nSPS) is 15.4. The average molecular weight is 295 g/mol. The average Bonchev–Trinajstić information content (AvgIpc) is 2.38. The molecule has 3 nitrogen and oxygen atoms in total. The summed E-state index contributed by atoms with van der Waals surface area (Å²) >= 11 is 1.79. The number of thioether (sulfide) groups is 1. The molecule has 2 unspecified atom stereocenters. The second-order valence-corrected chi connectivity index (χ2v) is 6.76. The molecule has 1 N–H and O–H groups in total. The smallest absolute Gasteiger partial charge is 0.326 e. The van der Waals surface area contributed by atoms with Crippen LogP contribution >= 0.6 is 11.8 Å². The monoisotopic (exact) mass is 295 g/mol. The number of carbonyl (C=O) groups is 1. The number of hydrogen-bond acceptors (Lipinski definition) is 4. The summed E-state index contributed by atoms with van der Waals surface area (Å²) in [6, 6.07) is 8.43. The minimum Gasteiger partial charge on any atom is -0.465 e. The minimum atomic E-state index is -0.633. The second kappa shape index (κ2) is 7.70. The van der Waals surface area contributed by atoms with Gasteiger partial charge in [0.05, 0.1) is 6.61 Å². The van der Waals surface area contributed by atoms with Gasteiger partial charge >= 0.3 is 5.97 Å². The minimum absolute atomic E-state index is 0.181. The van der Waals surface area contributed by atoms with Crippen LogP contribution in [0.3, 0.4) is 0 Å². The van der Waals surface area contributed by atoms with E-state index in [0.29, 0.717) is 11.9 Å². The molecule has 0 saturated carbocycles. The van der Waals surface area contributed by atoms with E-state index in [2.05, 4.69) is 43.4 Å². The number of esters is 1. The molecule has 0 aromatic heterocycles. The van der Waals surface area contributed by atoms with E-state index in [-0.39, 0.29) is 5.97 Å². The molecule has 0 amide bonds. The number of aryl methyl sites for hydroxylation is 1. The number of nitrogens with one attached hydrogen (secondary N) is 1. The fourth-order valence-corrected chi connectivity index (χ4v) is 3.41. The van der Waals surface area contributed by atoms with Gasteiger partial charge in [-0.25, -0.2) is 0 Å². The van der Waals surface area contributed by atoms with Crippen LogP contribution in [0.25, 0.3) is 0 Å². The Kier molecular flexibility index (Phi) is 6.56. The van der Waals surface area contributed by atoms with E-state index in [4.69, 9.17) is 4.74 Å². The first kappa shape index (κ1) is 17.1. The summed E-state index contributed by atoms with van der Waals surface area (Å²) in [6.45, 7) is 8.37. The highest BCUT2D eigenvalue weighted by Gasteiger charge is 2.34. The van der Waals surface area contributed by atoms with Crippen LogP contribution in [0.15, 0.2) is 29.2 Å². The Bertz CT molecular complexity index is 450. The van der Waals surface area contributed by atoms with Crippen molar-refractivity contribution in [1.82, 2.24) is 5.32 Å². The summed E-state index contributed by atoms with van der Waals surface area (Å²) in [5, 5.41) is 3.42. The highest BCUT2D eigenvalue weighted by atomic mass is 32.2. The zero-order valence-electron chi connectivity index (χ0n) is 13.0. The van der Waals surface area contributed by atoms with E-state index in [9.17, 15) is 4.79 Å². The van der Waals surface area contributed by atoms with Crippen molar-refractivity contribution in [2.24, 2.45) is 0 Å². The zero-order chi connectivity index (χ0) is 15.2. The van der Waals surface area contributed by atoms with E-state index in [1.807, 2.05) is 13.8 Å². The second-order valence-electron chi connectivity index (χ2n) is 5.25. The standard InChI is InChI=1S/C16H25NO2S/c1-6-19-15(18)16(4,17-5)11-13(3)20-14-9-7-8-12(2)10-14/h7-10,13,17H,6,11H2,1-5H3. The summed E-state index contributed by atoms with van der Waals surface area (Å²) in [5.41, 5.74) is 0.621. The van der Waals surface area contributed by atoms with E-state index in [1.165, 1.54) is 10.5 Å². The number of hydrogen-bond donors (Lipinski definition) is 1. The molecule has 0 aliphatic carbocycles. The first-order valence-corrected chi connectivity index (χ1v) is 7.88. The first-order chi connectivity index (χ1) is 9.41. The van der Waals surface area contributed by atoms with Crippen molar-refractivity contribution in [3.05, 3.63) is 29.8 Å². The third-order valence-corrected chi connectivity index (χ3v) is 4.40. The molecule has 1 rings (SSSR count). The Balaban J connectivity index is 2.67. The van der Waals surface area contributed by atoms with Crippen LogP contribution in [0.4, 0.5) is 0 Å². The molecule has 2 atom stereocenters. The Morgan fingerprint density at radius 2 is 2.20 bits per heavy atom. The molecule has 0 saturated heterocycles. The van der Waals surface area contributed by atoms with Crippen molar-refractivity contribution in [2.45, 2.75) is 49.8 Å². The van der Waals surface area contributed by atoms with Crippen LogP contribution in [0.2, 0.25) is 0 Å². The van der Waals surface area contributed by atoms with Crippen molar-refractivity contribution in [2.75, 3.05) is 13.7 Å². The van der Waals surface area contributed by atoms with Gasteiger partial charge in [0.25, 0.3) is 0 Å². The van der Waals surface area contributed by atoms with Gasteiger partial charge in [-0.3, -0.25) is 4.79 Å². The Morgan fingerprint density at radius 3 is 2.75 bits per heavy atom. The van der Waals surface area contributed by atoms with E-state index in [1.54, 1.807) is 18.8 Å². The molecule has 0 aliphatic rings. The van der Waals surface area contributed by atoms with Crippen molar-refractivity contribution < 1.29 is 9.53 Å². The zero-order valence-corrected chi connectivity index (χ0v) is 13.8. The van der Waals surface area contributed by atoms with Gasteiger partial charge in [-0.15, -0.1) is 11.8 Å². The maximum atomic E-state index is 12.0. The summed E-state index contributed by atoms with van der Waals surface area (Å²) in [7, 11) is 1.81. The van der Waals surface area contributed by atoms with Gasteiger partial charge in [0, 0.05) is 10.1 Å². The van der Waals surface area contributed by atoms with Gasteiger partial charge in [-0.2, -0.15) is 0 Å². The number of likely N-dealkylation sites (N-methyl/N-ethyl adjacent to an activating group) is 1. The van der Waals surface area contributed by atoms with Gasteiger partial charge < -0.3 is 10.1 Å². The summed E-state index contributed by atoms with van der Waals surface area (Å²) < 4.78 is 5.16. The van der Waals surface area contributed by atoms with Crippen LogP contribution in [0.5, 0.6) is 0 Å². The predicted molar refractivity (Wildman–Crippen MR) is 85.2 cm³/mol. The lowest BCUT2D eigenvalue weighted by molar-refractivity contribution is -0.150. The lowest BCUT2D eigenvalue weighted by Crippen LogP contribution is -2.50. The van der Waals surface area contributed by atoms with Crippen LogP contribution in [-0.4, -0.2) is 30.4 Å². The third-order valence-electron chi connectivity index (χ3n) is 3.30.